The van der Waals surface area contributed by atoms with Gasteiger partial charge in [-0.05, 0) is 31.4 Å². The van der Waals surface area contributed by atoms with Gasteiger partial charge in [0.2, 0.25) is 0 Å². The molecule has 0 atom stereocenters. The van der Waals surface area contributed by atoms with E-state index in [0.29, 0.717) is 12.8 Å². The Morgan fingerprint density at radius 3 is 2.40 bits per heavy atom. The lowest BCUT2D eigenvalue weighted by atomic mass is 9.97. The Labute approximate surface area is 114 Å². The molecule has 1 aromatic rings. The third-order valence-electron chi connectivity index (χ3n) is 3.73. The average molecular weight is 283 g/mol. The lowest BCUT2D eigenvalue weighted by Crippen LogP contribution is -2.52. The Morgan fingerprint density at radius 1 is 1.25 bits per heavy atom. The van der Waals surface area contributed by atoms with Crippen molar-refractivity contribution in [2.45, 2.75) is 38.1 Å². The lowest BCUT2D eigenvalue weighted by molar-refractivity contribution is -0.144. The van der Waals surface area contributed by atoms with Crippen molar-refractivity contribution in [3.63, 3.8) is 0 Å². The molecule has 0 saturated heterocycles. The van der Waals surface area contributed by atoms with Crippen LogP contribution < -0.4 is 5.32 Å². The van der Waals surface area contributed by atoms with Gasteiger partial charge in [-0.25, -0.2) is 13.6 Å². The van der Waals surface area contributed by atoms with E-state index >= 15 is 0 Å². The summed E-state index contributed by atoms with van der Waals surface area (Å²) < 4.78 is 27.5. The molecule has 2 N–H and O–H groups in total. The molecule has 0 spiro atoms. The number of hydrogen-bond donors (Lipinski definition) is 2. The van der Waals surface area contributed by atoms with Gasteiger partial charge in [0.05, 0.1) is 0 Å². The zero-order valence-electron chi connectivity index (χ0n) is 11.0. The first kappa shape index (κ1) is 14.4. The molecule has 108 valence electrons. The summed E-state index contributed by atoms with van der Waals surface area (Å²) in [6.07, 6.45) is 1.85. The van der Waals surface area contributed by atoms with E-state index in [2.05, 4.69) is 5.32 Å². The van der Waals surface area contributed by atoms with Crippen LogP contribution in [-0.4, -0.2) is 22.5 Å². The fraction of sp³-hybridized carbons (Fsp3) is 0.429. The molecule has 1 amide bonds. The Kier molecular flexibility index (Phi) is 3.74. The van der Waals surface area contributed by atoms with Gasteiger partial charge in [0.25, 0.3) is 5.91 Å². The Balaban J connectivity index is 2.33. The summed E-state index contributed by atoms with van der Waals surface area (Å²) in [5.41, 5.74) is -2.01. The zero-order valence-corrected chi connectivity index (χ0v) is 11.0. The molecule has 0 radical (unpaired) electrons. The van der Waals surface area contributed by atoms with Crippen LogP contribution in [0.15, 0.2) is 12.1 Å². The second-order valence-electron chi connectivity index (χ2n) is 5.10. The number of halogens is 2. The van der Waals surface area contributed by atoms with Crippen molar-refractivity contribution in [3.05, 3.63) is 34.9 Å². The monoisotopic (exact) mass is 283 g/mol. The molecule has 0 heterocycles. The third-order valence-corrected chi connectivity index (χ3v) is 3.73. The highest BCUT2D eigenvalue weighted by molar-refractivity contribution is 5.98. The van der Waals surface area contributed by atoms with Gasteiger partial charge in [0, 0.05) is 0 Å². The smallest absolute Gasteiger partial charge is 0.329 e. The Hall–Kier alpha value is -1.98. The summed E-state index contributed by atoms with van der Waals surface area (Å²) in [6, 6.07) is 2.22. The summed E-state index contributed by atoms with van der Waals surface area (Å²) in [6.45, 7) is 1.41. The van der Waals surface area contributed by atoms with Crippen molar-refractivity contribution in [3.8, 4) is 0 Å². The molecule has 1 aliphatic rings. The predicted octanol–water partition coefficient (Wildman–Crippen LogP) is 2.40. The van der Waals surface area contributed by atoms with Crippen LogP contribution in [0.25, 0.3) is 0 Å². The van der Waals surface area contributed by atoms with Gasteiger partial charge in [-0.15, -0.1) is 0 Å². The molecule has 2 rings (SSSR count). The maximum absolute atomic E-state index is 13.9. The Morgan fingerprint density at radius 2 is 1.85 bits per heavy atom. The molecule has 1 aromatic carbocycles. The van der Waals surface area contributed by atoms with Crippen molar-refractivity contribution in [2.75, 3.05) is 0 Å². The van der Waals surface area contributed by atoms with Gasteiger partial charge in [-0.1, -0.05) is 18.9 Å². The fourth-order valence-corrected chi connectivity index (χ4v) is 2.52. The zero-order chi connectivity index (χ0) is 14.9. The van der Waals surface area contributed by atoms with Crippen LogP contribution >= 0.6 is 0 Å². The van der Waals surface area contributed by atoms with Crippen LogP contribution in [0.5, 0.6) is 0 Å². The summed E-state index contributed by atoms with van der Waals surface area (Å²) in [7, 11) is 0. The quantitative estimate of drug-likeness (QED) is 0.895. The largest absolute Gasteiger partial charge is 0.480 e. The topological polar surface area (TPSA) is 66.4 Å². The van der Waals surface area contributed by atoms with Crippen molar-refractivity contribution >= 4 is 11.9 Å². The lowest BCUT2D eigenvalue weighted by Gasteiger charge is -2.25. The van der Waals surface area contributed by atoms with E-state index in [4.69, 9.17) is 0 Å². The number of carbonyl (C=O) groups is 2. The van der Waals surface area contributed by atoms with Crippen LogP contribution in [0, 0.1) is 18.6 Å². The number of amides is 1. The van der Waals surface area contributed by atoms with E-state index in [1.54, 1.807) is 0 Å². The van der Waals surface area contributed by atoms with E-state index in [1.165, 1.54) is 13.0 Å². The summed E-state index contributed by atoms with van der Waals surface area (Å²) in [5.74, 6) is -4.14. The minimum atomic E-state index is -1.42. The van der Waals surface area contributed by atoms with Gasteiger partial charge in [-0.3, -0.25) is 4.79 Å². The van der Waals surface area contributed by atoms with E-state index < -0.39 is 34.6 Å². The number of carboxylic acids is 1. The van der Waals surface area contributed by atoms with Crippen LogP contribution in [0.1, 0.15) is 41.6 Å². The van der Waals surface area contributed by atoms with Crippen LogP contribution in [0.2, 0.25) is 0 Å². The molecule has 4 nitrogen and oxygen atoms in total. The van der Waals surface area contributed by atoms with Crippen molar-refractivity contribution in [1.29, 1.82) is 0 Å². The number of nitrogens with one attached hydrogen (secondary N) is 1. The van der Waals surface area contributed by atoms with Gasteiger partial charge in [0.1, 0.15) is 22.7 Å². The molecular weight excluding hydrogens is 268 g/mol. The second kappa shape index (κ2) is 5.19. The summed E-state index contributed by atoms with van der Waals surface area (Å²) in [5, 5.41) is 11.5. The van der Waals surface area contributed by atoms with Crippen molar-refractivity contribution in [1.82, 2.24) is 5.32 Å². The van der Waals surface area contributed by atoms with Crippen molar-refractivity contribution in [2.24, 2.45) is 0 Å². The molecule has 20 heavy (non-hydrogen) atoms. The highest BCUT2D eigenvalue weighted by Gasteiger charge is 2.43. The maximum atomic E-state index is 13.9. The summed E-state index contributed by atoms with van der Waals surface area (Å²) in [4.78, 5) is 23.4. The van der Waals surface area contributed by atoms with E-state index in [0.717, 1.165) is 6.07 Å². The number of rotatable bonds is 3. The van der Waals surface area contributed by atoms with Crippen molar-refractivity contribution < 1.29 is 23.5 Å². The van der Waals surface area contributed by atoms with Gasteiger partial charge < -0.3 is 10.4 Å². The second-order valence-corrected chi connectivity index (χ2v) is 5.10. The standard InChI is InChI=1S/C14H15F2NO3/c1-8-4-5-9(15)10(11(8)16)12(18)17-14(13(19)20)6-2-3-7-14/h4-5H,2-3,6-7H2,1H3,(H,17,18)(H,19,20). The molecule has 0 unspecified atom stereocenters. The number of benzene rings is 1. The first-order valence-electron chi connectivity index (χ1n) is 6.38. The highest BCUT2D eigenvalue weighted by atomic mass is 19.1. The minimum absolute atomic E-state index is 0.132. The van der Waals surface area contributed by atoms with Crippen LogP contribution in [0.4, 0.5) is 8.78 Å². The molecular formula is C14H15F2NO3. The van der Waals surface area contributed by atoms with E-state index in [9.17, 15) is 23.5 Å². The number of carboxylic acid groups (broad SMARTS) is 1. The first-order valence-corrected chi connectivity index (χ1v) is 6.38. The van der Waals surface area contributed by atoms with Crippen LogP contribution in [0.3, 0.4) is 0 Å². The predicted molar refractivity (Wildman–Crippen MR) is 67.4 cm³/mol. The van der Waals surface area contributed by atoms with Crippen LogP contribution in [-0.2, 0) is 4.79 Å². The SMILES string of the molecule is Cc1ccc(F)c(C(=O)NC2(C(=O)O)CCCC2)c1F. The first-order chi connectivity index (χ1) is 9.37. The van der Waals surface area contributed by atoms with E-state index in [1.807, 2.05) is 0 Å². The molecule has 0 aromatic heterocycles. The van der Waals surface area contributed by atoms with Gasteiger partial charge in [-0.2, -0.15) is 0 Å². The highest BCUT2D eigenvalue weighted by Crippen LogP contribution is 2.30. The maximum Gasteiger partial charge on any atom is 0.329 e. The molecule has 0 bridgehead atoms. The van der Waals surface area contributed by atoms with Gasteiger partial charge in [0.15, 0.2) is 0 Å². The molecule has 6 heteroatoms. The van der Waals surface area contributed by atoms with E-state index in [-0.39, 0.29) is 18.4 Å². The number of carbonyl (C=O) groups excluding carboxylic acids is 1. The average Bonchev–Trinajstić information content (AvgIpc) is 2.84. The third kappa shape index (κ3) is 2.37. The Bertz CT molecular complexity index is 566. The minimum Gasteiger partial charge on any atom is -0.480 e. The number of aliphatic carboxylic acids is 1. The molecule has 1 fully saturated rings. The fourth-order valence-electron chi connectivity index (χ4n) is 2.52. The number of aryl methyl sites for hydroxylation is 1. The molecule has 1 saturated carbocycles. The summed E-state index contributed by atoms with van der Waals surface area (Å²) >= 11 is 0. The molecule has 1 aliphatic carbocycles. The van der Waals surface area contributed by atoms with Gasteiger partial charge >= 0.3 is 5.97 Å². The normalized spacial score (nSPS) is 16.9. The number of hydrogen-bond acceptors (Lipinski definition) is 2. The molecule has 0 aliphatic heterocycles.